The molecule has 0 aliphatic carbocycles. The van der Waals surface area contributed by atoms with Gasteiger partial charge in [-0.15, -0.1) is 0 Å². The largest absolute Gasteiger partial charge is 0.312 e. The minimum atomic E-state index is -0.196. The van der Waals surface area contributed by atoms with Crippen LogP contribution in [0.5, 0.6) is 0 Å². The Balaban J connectivity index is 1.71. The number of carbonyl (C=O) groups excluding carboxylic acids is 1. The van der Waals surface area contributed by atoms with E-state index >= 15 is 0 Å². The molecule has 0 saturated carbocycles. The van der Waals surface area contributed by atoms with E-state index in [0.717, 1.165) is 13.0 Å². The zero-order valence-corrected chi connectivity index (χ0v) is 9.11. The van der Waals surface area contributed by atoms with Crippen molar-refractivity contribution in [2.75, 3.05) is 13.2 Å². The zero-order valence-electron chi connectivity index (χ0n) is 9.11. The second-order valence-corrected chi connectivity index (χ2v) is 3.90. The van der Waals surface area contributed by atoms with Gasteiger partial charge in [-0.2, -0.15) is 0 Å². The van der Waals surface area contributed by atoms with Crippen molar-refractivity contribution in [3.8, 4) is 0 Å². The fourth-order valence-corrected chi connectivity index (χ4v) is 1.76. The van der Waals surface area contributed by atoms with Gasteiger partial charge in [0.1, 0.15) is 0 Å². The third-order valence-corrected chi connectivity index (χ3v) is 2.65. The number of hydroxylamine groups is 1. The van der Waals surface area contributed by atoms with Gasteiger partial charge < -0.3 is 5.32 Å². The first-order chi connectivity index (χ1) is 7.86. The highest BCUT2D eigenvalue weighted by molar-refractivity contribution is 5.93. The van der Waals surface area contributed by atoms with E-state index in [9.17, 15) is 4.79 Å². The summed E-state index contributed by atoms with van der Waals surface area (Å²) in [6.07, 6.45) is 2.29. The van der Waals surface area contributed by atoms with E-state index in [1.165, 1.54) is 6.42 Å². The SMILES string of the molecule is O=C(NOCC1CCCN1)c1ccccc1. The van der Waals surface area contributed by atoms with Crippen molar-refractivity contribution >= 4 is 5.91 Å². The smallest absolute Gasteiger partial charge is 0.274 e. The Bertz CT molecular complexity index is 334. The van der Waals surface area contributed by atoms with Crippen LogP contribution in [-0.2, 0) is 4.84 Å². The lowest BCUT2D eigenvalue weighted by Gasteiger charge is -2.10. The van der Waals surface area contributed by atoms with Gasteiger partial charge in [0.15, 0.2) is 0 Å². The van der Waals surface area contributed by atoms with Crippen molar-refractivity contribution in [3.63, 3.8) is 0 Å². The average Bonchev–Trinajstić information content (AvgIpc) is 2.83. The third-order valence-electron chi connectivity index (χ3n) is 2.65. The van der Waals surface area contributed by atoms with Gasteiger partial charge in [0.25, 0.3) is 5.91 Å². The molecule has 0 aromatic heterocycles. The lowest BCUT2D eigenvalue weighted by atomic mass is 10.2. The molecular formula is C12H16N2O2. The molecule has 1 atom stereocenters. The molecule has 1 aliphatic heterocycles. The molecule has 1 heterocycles. The van der Waals surface area contributed by atoms with E-state index in [4.69, 9.17) is 4.84 Å². The Morgan fingerprint density at radius 3 is 2.94 bits per heavy atom. The van der Waals surface area contributed by atoms with Gasteiger partial charge >= 0.3 is 0 Å². The summed E-state index contributed by atoms with van der Waals surface area (Å²) in [5.74, 6) is -0.196. The maximum Gasteiger partial charge on any atom is 0.274 e. The Labute approximate surface area is 94.9 Å². The summed E-state index contributed by atoms with van der Waals surface area (Å²) in [5, 5.41) is 3.29. The molecule has 1 fully saturated rings. The Morgan fingerprint density at radius 1 is 1.44 bits per heavy atom. The van der Waals surface area contributed by atoms with Crippen molar-refractivity contribution in [2.45, 2.75) is 18.9 Å². The first-order valence-corrected chi connectivity index (χ1v) is 5.57. The van der Waals surface area contributed by atoms with Crippen LogP contribution in [0.1, 0.15) is 23.2 Å². The van der Waals surface area contributed by atoms with Gasteiger partial charge in [0, 0.05) is 11.6 Å². The second-order valence-electron chi connectivity index (χ2n) is 3.90. The number of hydrogen-bond acceptors (Lipinski definition) is 3. The Morgan fingerprint density at radius 2 is 2.25 bits per heavy atom. The van der Waals surface area contributed by atoms with Gasteiger partial charge in [-0.25, -0.2) is 5.48 Å². The van der Waals surface area contributed by atoms with Gasteiger partial charge in [-0.1, -0.05) is 18.2 Å². The maximum atomic E-state index is 11.6. The monoisotopic (exact) mass is 220 g/mol. The van der Waals surface area contributed by atoms with Crippen LogP contribution in [0.3, 0.4) is 0 Å². The van der Waals surface area contributed by atoms with Crippen molar-refractivity contribution in [2.24, 2.45) is 0 Å². The lowest BCUT2D eigenvalue weighted by molar-refractivity contribution is 0.0242. The van der Waals surface area contributed by atoms with Crippen LogP contribution in [-0.4, -0.2) is 25.1 Å². The highest BCUT2D eigenvalue weighted by atomic mass is 16.7. The summed E-state index contributed by atoms with van der Waals surface area (Å²) in [7, 11) is 0. The first kappa shape index (κ1) is 11.1. The normalized spacial score (nSPS) is 19.6. The summed E-state index contributed by atoms with van der Waals surface area (Å²) < 4.78 is 0. The van der Waals surface area contributed by atoms with E-state index < -0.39 is 0 Å². The van der Waals surface area contributed by atoms with Gasteiger partial charge in [-0.3, -0.25) is 9.63 Å². The molecule has 1 saturated heterocycles. The molecule has 2 rings (SSSR count). The molecule has 16 heavy (non-hydrogen) atoms. The quantitative estimate of drug-likeness (QED) is 0.747. The number of benzene rings is 1. The minimum Gasteiger partial charge on any atom is -0.312 e. The van der Waals surface area contributed by atoms with Crippen LogP contribution in [0.2, 0.25) is 0 Å². The molecule has 0 radical (unpaired) electrons. The van der Waals surface area contributed by atoms with E-state index in [2.05, 4.69) is 10.8 Å². The maximum absolute atomic E-state index is 11.6. The molecular weight excluding hydrogens is 204 g/mol. The molecule has 4 nitrogen and oxygen atoms in total. The number of rotatable bonds is 4. The van der Waals surface area contributed by atoms with Crippen molar-refractivity contribution in [3.05, 3.63) is 35.9 Å². The molecule has 1 aromatic rings. The molecule has 0 bridgehead atoms. The number of nitrogens with one attached hydrogen (secondary N) is 2. The molecule has 4 heteroatoms. The first-order valence-electron chi connectivity index (χ1n) is 5.57. The van der Waals surface area contributed by atoms with Crippen LogP contribution in [0.25, 0.3) is 0 Å². The van der Waals surface area contributed by atoms with Gasteiger partial charge in [0.2, 0.25) is 0 Å². The van der Waals surface area contributed by atoms with E-state index in [0.29, 0.717) is 18.2 Å². The molecule has 1 unspecified atom stereocenters. The predicted octanol–water partition coefficient (Wildman–Crippen LogP) is 1.10. The number of hydrogen-bond donors (Lipinski definition) is 2. The Hall–Kier alpha value is -1.39. The lowest BCUT2D eigenvalue weighted by Crippen LogP contribution is -2.32. The highest BCUT2D eigenvalue weighted by Crippen LogP contribution is 2.04. The van der Waals surface area contributed by atoms with Crippen LogP contribution in [0.15, 0.2) is 30.3 Å². The third kappa shape index (κ3) is 3.05. The zero-order chi connectivity index (χ0) is 11.2. The summed E-state index contributed by atoms with van der Waals surface area (Å²) >= 11 is 0. The average molecular weight is 220 g/mol. The summed E-state index contributed by atoms with van der Waals surface area (Å²) in [5.41, 5.74) is 3.06. The second kappa shape index (κ2) is 5.63. The number of carbonyl (C=O) groups is 1. The molecule has 86 valence electrons. The van der Waals surface area contributed by atoms with Crippen molar-refractivity contribution in [1.29, 1.82) is 0 Å². The summed E-state index contributed by atoms with van der Waals surface area (Å²) in [6.45, 7) is 1.57. The highest BCUT2D eigenvalue weighted by Gasteiger charge is 2.14. The molecule has 1 aromatic carbocycles. The Kier molecular flexibility index (Phi) is 3.91. The van der Waals surface area contributed by atoms with Crippen LogP contribution >= 0.6 is 0 Å². The van der Waals surface area contributed by atoms with E-state index in [1.807, 2.05) is 18.2 Å². The van der Waals surface area contributed by atoms with Crippen molar-refractivity contribution in [1.82, 2.24) is 10.8 Å². The molecule has 2 N–H and O–H groups in total. The number of amides is 1. The van der Waals surface area contributed by atoms with E-state index in [-0.39, 0.29) is 5.91 Å². The van der Waals surface area contributed by atoms with Crippen LogP contribution < -0.4 is 10.8 Å². The van der Waals surface area contributed by atoms with Crippen LogP contribution in [0.4, 0.5) is 0 Å². The minimum absolute atomic E-state index is 0.196. The fourth-order valence-electron chi connectivity index (χ4n) is 1.76. The summed E-state index contributed by atoms with van der Waals surface area (Å²) in [4.78, 5) is 16.7. The topological polar surface area (TPSA) is 50.4 Å². The standard InChI is InChI=1S/C12H16N2O2/c15-12(10-5-2-1-3-6-10)14-16-9-11-7-4-8-13-11/h1-3,5-6,11,13H,4,7-9H2,(H,14,15). The summed E-state index contributed by atoms with van der Waals surface area (Å²) in [6, 6.07) is 9.41. The van der Waals surface area contributed by atoms with Crippen molar-refractivity contribution < 1.29 is 9.63 Å². The van der Waals surface area contributed by atoms with Gasteiger partial charge in [-0.05, 0) is 31.5 Å². The van der Waals surface area contributed by atoms with Crippen LogP contribution in [0, 0.1) is 0 Å². The molecule has 1 amide bonds. The van der Waals surface area contributed by atoms with E-state index in [1.54, 1.807) is 12.1 Å². The fraction of sp³-hybridized carbons (Fsp3) is 0.417. The molecule has 1 aliphatic rings. The van der Waals surface area contributed by atoms with Gasteiger partial charge in [0.05, 0.1) is 6.61 Å². The molecule has 0 spiro atoms. The predicted molar refractivity (Wildman–Crippen MR) is 60.9 cm³/mol.